The predicted octanol–water partition coefficient (Wildman–Crippen LogP) is -1.81. The quantitative estimate of drug-likeness (QED) is 0.608. The molecule has 0 amide bonds. The van der Waals surface area contributed by atoms with Crippen LogP contribution in [0.25, 0.3) is 0 Å². The highest BCUT2D eigenvalue weighted by Crippen LogP contribution is 1.76. The van der Waals surface area contributed by atoms with Gasteiger partial charge in [-0.15, -0.1) is 0 Å². The molecule has 0 radical (unpaired) electrons. The summed E-state index contributed by atoms with van der Waals surface area (Å²) < 4.78 is 51.9. The van der Waals surface area contributed by atoms with Crippen molar-refractivity contribution in [2.45, 2.75) is 0 Å². The van der Waals surface area contributed by atoms with Gasteiger partial charge in [-0.05, 0) is 0 Å². The molecule has 10 heteroatoms. The summed E-state index contributed by atoms with van der Waals surface area (Å²) in [4.78, 5) is 0. The van der Waals surface area contributed by atoms with Gasteiger partial charge in [0.2, 0.25) is 0 Å². The second-order valence-electron chi connectivity index (χ2n) is 1.65. The highest BCUT2D eigenvalue weighted by molar-refractivity contribution is 7.84. The number of hydrogen-bond acceptors (Lipinski definition) is 6. The van der Waals surface area contributed by atoms with Crippen molar-refractivity contribution in [2.24, 2.45) is 0 Å². The molecule has 0 aliphatic rings. The lowest BCUT2D eigenvalue weighted by atomic mass is 11.6. The SMILES string of the molecule is CNS(=O)(=O)OC.CNS(=O)(=O)OC. The van der Waals surface area contributed by atoms with Crippen molar-refractivity contribution in [2.75, 3.05) is 28.3 Å². The van der Waals surface area contributed by atoms with E-state index in [1.54, 1.807) is 0 Å². The Morgan fingerprint density at radius 3 is 1.00 bits per heavy atom. The van der Waals surface area contributed by atoms with Gasteiger partial charge in [0.1, 0.15) is 0 Å². The highest BCUT2D eigenvalue weighted by Gasteiger charge is 1.99. The van der Waals surface area contributed by atoms with E-state index < -0.39 is 20.6 Å². The molecule has 2 N–H and O–H groups in total. The van der Waals surface area contributed by atoms with Crippen LogP contribution in [0.5, 0.6) is 0 Å². The first-order valence-electron chi connectivity index (χ1n) is 3.22. The number of nitrogens with one attached hydrogen (secondary N) is 2. The van der Waals surface area contributed by atoms with Crippen molar-refractivity contribution >= 4 is 20.6 Å². The molecule has 0 aliphatic carbocycles. The monoisotopic (exact) mass is 250 g/mol. The second kappa shape index (κ2) is 7.09. The van der Waals surface area contributed by atoms with Crippen LogP contribution in [-0.4, -0.2) is 45.2 Å². The maximum atomic E-state index is 10.0. The molecule has 0 rings (SSSR count). The van der Waals surface area contributed by atoms with Crippen molar-refractivity contribution in [3.05, 3.63) is 0 Å². The van der Waals surface area contributed by atoms with Crippen LogP contribution in [-0.2, 0) is 29.0 Å². The van der Waals surface area contributed by atoms with Crippen molar-refractivity contribution < 1.29 is 25.2 Å². The molecule has 0 aliphatic heterocycles. The molecule has 0 saturated carbocycles. The van der Waals surface area contributed by atoms with E-state index in [0.29, 0.717) is 0 Å². The summed E-state index contributed by atoms with van der Waals surface area (Å²) in [6.45, 7) is 0. The van der Waals surface area contributed by atoms with E-state index in [1.165, 1.54) is 14.1 Å². The zero-order valence-corrected chi connectivity index (χ0v) is 9.90. The Hall–Kier alpha value is -0.260. The fourth-order valence-electron chi connectivity index (χ4n) is 0.167. The Balaban J connectivity index is 0. The Labute approximate surface area is 84.1 Å². The predicted molar refractivity (Wildman–Crippen MR) is 50.0 cm³/mol. The molecular formula is C4H14N2O6S2. The molecule has 0 heterocycles. The smallest absolute Gasteiger partial charge is 0.261 e. The lowest BCUT2D eigenvalue weighted by Crippen LogP contribution is -2.19. The van der Waals surface area contributed by atoms with Gasteiger partial charge in [-0.2, -0.15) is 26.3 Å². The largest absolute Gasteiger partial charge is 0.335 e. The van der Waals surface area contributed by atoms with Gasteiger partial charge >= 0.3 is 20.6 Å². The summed E-state index contributed by atoms with van der Waals surface area (Å²) in [7, 11) is -2.08. The van der Waals surface area contributed by atoms with Crippen molar-refractivity contribution in [3.8, 4) is 0 Å². The van der Waals surface area contributed by atoms with Gasteiger partial charge in [-0.1, -0.05) is 0 Å². The lowest BCUT2D eigenvalue weighted by molar-refractivity contribution is 0.389. The third kappa shape index (κ3) is 9.83. The lowest BCUT2D eigenvalue weighted by Gasteiger charge is -1.92. The van der Waals surface area contributed by atoms with Gasteiger partial charge in [-0.25, -0.2) is 0 Å². The fraction of sp³-hybridized carbons (Fsp3) is 1.00. The standard InChI is InChI=1S/2C2H7NO3S/c2*1-3-7(4,5)6-2/h2*3H,1-2H3. The van der Waals surface area contributed by atoms with E-state index in [1.807, 2.05) is 9.44 Å². The maximum absolute atomic E-state index is 10.0. The average molecular weight is 250 g/mol. The Morgan fingerprint density at radius 2 is 1.00 bits per heavy atom. The number of rotatable bonds is 4. The van der Waals surface area contributed by atoms with Crippen LogP contribution >= 0.6 is 0 Å². The minimum absolute atomic E-state index is 1.09. The first kappa shape index (κ1) is 16.2. The van der Waals surface area contributed by atoms with Crippen molar-refractivity contribution in [3.63, 3.8) is 0 Å². The Morgan fingerprint density at radius 1 is 0.786 bits per heavy atom. The van der Waals surface area contributed by atoms with E-state index in [0.717, 1.165) is 14.2 Å². The van der Waals surface area contributed by atoms with Gasteiger partial charge in [0.25, 0.3) is 0 Å². The van der Waals surface area contributed by atoms with Gasteiger partial charge in [0.15, 0.2) is 0 Å². The van der Waals surface area contributed by atoms with Crippen LogP contribution in [0.15, 0.2) is 0 Å². The van der Waals surface area contributed by atoms with Crippen LogP contribution in [0.1, 0.15) is 0 Å². The molecule has 88 valence electrons. The molecule has 0 bridgehead atoms. The van der Waals surface area contributed by atoms with Crippen LogP contribution in [0.4, 0.5) is 0 Å². The third-order valence-corrected chi connectivity index (χ3v) is 2.82. The van der Waals surface area contributed by atoms with Crippen LogP contribution in [0.3, 0.4) is 0 Å². The van der Waals surface area contributed by atoms with E-state index in [-0.39, 0.29) is 0 Å². The molecule has 0 aromatic carbocycles. The van der Waals surface area contributed by atoms with Crippen molar-refractivity contribution in [1.29, 1.82) is 0 Å². The molecule has 0 spiro atoms. The Kier molecular flexibility index (Phi) is 8.19. The third-order valence-electron chi connectivity index (χ3n) is 0.939. The van der Waals surface area contributed by atoms with Crippen LogP contribution in [0, 0.1) is 0 Å². The van der Waals surface area contributed by atoms with Crippen LogP contribution in [0.2, 0.25) is 0 Å². The molecule has 8 nitrogen and oxygen atoms in total. The number of hydrogen-bond donors (Lipinski definition) is 2. The van der Waals surface area contributed by atoms with Gasteiger partial charge in [0, 0.05) is 14.1 Å². The molecule has 0 aromatic rings. The molecule has 0 unspecified atom stereocenters. The first-order valence-corrected chi connectivity index (χ1v) is 6.04. The second-order valence-corrected chi connectivity index (χ2v) is 4.95. The minimum atomic E-state index is -3.41. The van der Waals surface area contributed by atoms with E-state index in [2.05, 4.69) is 8.37 Å². The van der Waals surface area contributed by atoms with E-state index in [9.17, 15) is 16.8 Å². The zero-order valence-electron chi connectivity index (χ0n) is 8.27. The Bertz CT molecular complexity index is 266. The summed E-state index contributed by atoms with van der Waals surface area (Å²) >= 11 is 0. The normalized spacial score (nSPS) is 11.7. The summed E-state index contributed by atoms with van der Waals surface area (Å²) in [6, 6.07) is 0. The zero-order chi connectivity index (χ0) is 11.8. The molecule has 0 fully saturated rings. The average Bonchev–Trinajstić information content (AvgIpc) is 2.19. The minimum Gasteiger partial charge on any atom is -0.261 e. The summed E-state index contributed by atoms with van der Waals surface area (Å²) in [5, 5.41) is 0. The molecule has 0 atom stereocenters. The molecule has 0 aromatic heterocycles. The summed E-state index contributed by atoms with van der Waals surface area (Å²) in [6.07, 6.45) is 0. The first-order chi connectivity index (χ1) is 6.24. The summed E-state index contributed by atoms with van der Waals surface area (Å²) in [5.74, 6) is 0. The van der Waals surface area contributed by atoms with Gasteiger partial charge < -0.3 is 0 Å². The maximum Gasteiger partial charge on any atom is 0.335 e. The highest BCUT2D eigenvalue weighted by atomic mass is 32.2. The molecular weight excluding hydrogens is 236 g/mol. The van der Waals surface area contributed by atoms with Gasteiger partial charge in [-0.3, -0.25) is 8.37 Å². The molecule has 0 saturated heterocycles. The fourth-order valence-corrected chi connectivity index (χ4v) is 0.500. The van der Waals surface area contributed by atoms with Crippen molar-refractivity contribution in [1.82, 2.24) is 9.44 Å². The molecule has 14 heavy (non-hydrogen) atoms. The van der Waals surface area contributed by atoms with Crippen LogP contribution < -0.4 is 9.44 Å². The van der Waals surface area contributed by atoms with E-state index in [4.69, 9.17) is 0 Å². The van der Waals surface area contributed by atoms with Gasteiger partial charge in [0.05, 0.1) is 14.2 Å². The topological polar surface area (TPSA) is 111 Å². The summed E-state index contributed by atoms with van der Waals surface area (Å²) in [5.41, 5.74) is 0. The van der Waals surface area contributed by atoms with E-state index >= 15 is 0 Å².